The Hall–Kier alpha value is -4.56. The van der Waals surface area contributed by atoms with E-state index in [9.17, 15) is 0 Å². The molecule has 6 rings (SSSR count). The zero-order valence-electron chi connectivity index (χ0n) is 19.9. The van der Waals surface area contributed by atoms with Crippen molar-refractivity contribution in [1.29, 1.82) is 0 Å². The smallest absolute Gasteiger partial charge is 0.116 e. The van der Waals surface area contributed by atoms with Crippen molar-refractivity contribution in [3.8, 4) is 22.3 Å². The summed E-state index contributed by atoms with van der Waals surface area (Å²) in [6, 6.07) is 50.8. The summed E-state index contributed by atoms with van der Waals surface area (Å²) < 4.78 is 0. The Labute approximate surface area is 213 Å². The molecule has 168 valence electrons. The van der Waals surface area contributed by atoms with Gasteiger partial charge in [-0.2, -0.15) is 0 Å². The molecule has 0 aliphatic heterocycles. The van der Waals surface area contributed by atoms with Crippen LogP contribution in [0.15, 0.2) is 146 Å². The van der Waals surface area contributed by atoms with Gasteiger partial charge in [0.2, 0.25) is 0 Å². The topological polar surface area (TPSA) is 3.24 Å². The van der Waals surface area contributed by atoms with Crippen LogP contribution >= 0.6 is 0 Å². The van der Waals surface area contributed by atoms with Crippen molar-refractivity contribution >= 4 is 41.1 Å². The molecule has 2 heteroatoms. The van der Waals surface area contributed by atoms with Crippen molar-refractivity contribution in [3.63, 3.8) is 0 Å². The van der Waals surface area contributed by atoms with Crippen LogP contribution in [-0.2, 0) is 0 Å². The number of anilines is 3. The van der Waals surface area contributed by atoms with Crippen LogP contribution in [-0.4, -0.2) is 7.85 Å². The number of para-hydroxylation sites is 2. The lowest BCUT2D eigenvalue weighted by molar-refractivity contribution is 1.29. The minimum absolute atomic E-state index is 0.732. The van der Waals surface area contributed by atoms with Gasteiger partial charge in [-0.1, -0.05) is 127 Å². The summed E-state index contributed by atoms with van der Waals surface area (Å²) in [7, 11) is 6.57. The van der Waals surface area contributed by atoms with Crippen LogP contribution < -0.4 is 10.4 Å². The molecule has 0 bridgehead atoms. The standard InChI is InChI=1S/C34H24BN/c35-32-21-7-9-23-34(32)36(33-22-8-6-19-31(33)26-12-2-1-3-13-26)28-17-10-16-27(24-28)30-20-11-15-25-14-4-5-18-29(25)30/h1-24H. The SMILES string of the molecule is [B]c1ccccc1N(c1cccc(-c2cccc3ccccc23)c1)c1ccccc1-c1ccccc1. The molecule has 0 saturated carbocycles. The predicted molar refractivity (Wildman–Crippen MR) is 155 cm³/mol. The number of hydrogen-bond acceptors (Lipinski definition) is 1. The first kappa shape index (κ1) is 21.9. The number of rotatable bonds is 5. The quantitative estimate of drug-likeness (QED) is 0.235. The van der Waals surface area contributed by atoms with Gasteiger partial charge in [0, 0.05) is 16.9 Å². The minimum atomic E-state index is 0.732. The molecule has 0 fully saturated rings. The molecular weight excluding hydrogens is 433 g/mol. The van der Waals surface area contributed by atoms with Crippen LogP contribution in [0.25, 0.3) is 33.0 Å². The van der Waals surface area contributed by atoms with Crippen LogP contribution in [0.4, 0.5) is 17.1 Å². The Morgan fingerprint density at radius 2 is 1.06 bits per heavy atom. The highest BCUT2D eigenvalue weighted by atomic mass is 15.1. The Kier molecular flexibility index (Phi) is 5.85. The fourth-order valence-corrected chi connectivity index (χ4v) is 4.92. The average Bonchev–Trinajstić information content (AvgIpc) is 2.95. The van der Waals surface area contributed by atoms with Crippen molar-refractivity contribution in [2.24, 2.45) is 0 Å². The van der Waals surface area contributed by atoms with Gasteiger partial charge >= 0.3 is 0 Å². The lowest BCUT2D eigenvalue weighted by Crippen LogP contribution is -2.19. The predicted octanol–water partition coefficient (Wildman–Crippen LogP) is 8.44. The highest BCUT2D eigenvalue weighted by molar-refractivity contribution is 6.36. The largest absolute Gasteiger partial charge is 0.310 e. The van der Waals surface area contributed by atoms with E-state index in [0.29, 0.717) is 0 Å². The zero-order chi connectivity index (χ0) is 24.3. The van der Waals surface area contributed by atoms with Crippen molar-refractivity contribution in [3.05, 3.63) is 146 Å². The summed E-state index contributed by atoms with van der Waals surface area (Å²) in [6.45, 7) is 0. The van der Waals surface area contributed by atoms with Gasteiger partial charge in [-0.3, -0.25) is 0 Å². The fourth-order valence-electron chi connectivity index (χ4n) is 4.92. The van der Waals surface area contributed by atoms with Crippen LogP contribution in [0.3, 0.4) is 0 Å². The Morgan fingerprint density at radius 1 is 0.444 bits per heavy atom. The maximum absolute atomic E-state index is 6.57. The second-order valence-corrected chi connectivity index (χ2v) is 8.85. The zero-order valence-corrected chi connectivity index (χ0v) is 19.9. The summed E-state index contributed by atoms with van der Waals surface area (Å²) in [5, 5.41) is 2.48. The third-order valence-corrected chi connectivity index (χ3v) is 6.61. The molecule has 0 aromatic heterocycles. The van der Waals surface area contributed by atoms with Crippen LogP contribution in [0.1, 0.15) is 0 Å². The molecule has 36 heavy (non-hydrogen) atoms. The van der Waals surface area contributed by atoms with E-state index in [0.717, 1.165) is 33.7 Å². The molecule has 0 atom stereocenters. The summed E-state index contributed by atoms with van der Waals surface area (Å²) in [6.07, 6.45) is 0. The van der Waals surface area contributed by atoms with Gasteiger partial charge in [-0.15, -0.1) is 0 Å². The highest BCUT2D eigenvalue weighted by Crippen LogP contribution is 2.41. The Balaban J connectivity index is 1.58. The Bertz CT molecular complexity index is 1650. The van der Waals surface area contributed by atoms with E-state index in [1.54, 1.807) is 0 Å². The van der Waals surface area contributed by atoms with Gasteiger partial charge in [0.25, 0.3) is 0 Å². The van der Waals surface area contributed by atoms with E-state index in [-0.39, 0.29) is 0 Å². The minimum Gasteiger partial charge on any atom is -0.310 e. The molecular formula is C34H24BN. The summed E-state index contributed by atoms with van der Waals surface area (Å²) in [5.41, 5.74) is 8.52. The van der Waals surface area contributed by atoms with Crippen LogP contribution in [0.2, 0.25) is 0 Å². The second kappa shape index (κ2) is 9.60. The highest BCUT2D eigenvalue weighted by Gasteiger charge is 2.18. The number of benzene rings is 6. The van der Waals surface area contributed by atoms with Crippen molar-refractivity contribution in [2.75, 3.05) is 4.90 Å². The summed E-state index contributed by atoms with van der Waals surface area (Å²) >= 11 is 0. The third kappa shape index (κ3) is 4.08. The molecule has 6 aromatic carbocycles. The van der Waals surface area contributed by atoms with Crippen molar-refractivity contribution in [1.82, 2.24) is 0 Å². The van der Waals surface area contributed by atoms with E-state index in [4.69, 9.17) is 7.85 Å². The molecule has 0 N–H and O–H groups in total. The molecule has 0 aliphatic carbocycles. The number of nitrogens with zero attached hydrogens (tertiary/aromatic N) is 1. The first-order chi connectivity index (χ1) is 17.8. The molecule has 6 aromatic rings. The van der Waals surface area contributed by atoms with Gasteiger partial charge in [0.05, 0.1) is 5.69 Å². The van der Waals surface area contributed by atoms with Gasteiger partial charge in [0.1, 0.15) is 7.85 Å². The molecule has 0 heterocycles. The van der Waals surface area contributed by atoms with E-state index in [1.807, 2.05) is 24.3 Å². The lowest BCUT2D eigenvalue weighted by Gasteiger charge is -2.30. The fraction of sp³-hybridized carbons (Fsp3) is 0. The van der Waals surface area contributed by atoms with E-state index >= 15 is 0 Å². The van der Waals surface area contributed by atoms with Gasteiger partial charge in [-0.05, 0) is 51.7 Å². The second-order valence-electron chi connectivity index (χ2n) is 8.85. The Morgan fingerprint density at radius 3 is 1.92 bits per heavy atom. The van der Waals surface area contributed by atoms with E-state index in [1.165, 1.54) is 21.9 Å². The number of hydrogen-bond donors (Lipinski definition) is 0. The molecule has 0 unspecified atom stereocenters. The van der Waals surface area contributed by atoms with E-state index in [2.05, 4.69) is 126 Å². The number of fused-ring (bicyclic) bond motifs is 1. The first-order valence-corrected chi connectivity index (χ1v) is 12.2. The third-order valence-electron chi connectivity index (χ3n) is 6.61. The van der Waals surface area contributed by atoms with Gasteiger partial charge < -0.3 is 4.90 Å². The lowest BCUT2D eigenvalue weighted by atomic mass is 9.92. The maximum Gasteiger partial charge on any atom is 0.116 e. The van der Waals surface area contributed by atoms with E-state index < -0.39 is 0 Å². The maximum atomic E-state index is 6.57. The normalized spacial score (nSPS) is 10.9. The average molecular weight is 457 g/mol. The molecule has 0 aliphatic rings. The van der Waals surface area contributed by atoms with Gasteiger partial charge in [-0.25, -0.2) is 0 Å². The first-order valence-electron chi connectivity index (χ1n) is 12.2. The molecule has 0 amide bonds. The summed E-state index contributed by atoms with van der Waals surface area (Å²) in [5.74, 6) is 0. The molecule has 0 saturated heterocycles. The molecule has 1 nitrogen and oxygen atoms in total. The van der Waals surface area contributed by atoms with Crippen molar-refractivity contribution in [2.45, 2.75) is 0 Å². The van der Waals surface area contributed by atoms with Crippen LogP contribution in [0.5, 0.6) is 0 Å². The summed E-state index contributed by atoms with van der Waals surface area (Å²) in [4.78, 5) is 2.27. The molecule has 0 spiro atoms. The van der Waals surface area contributed by atoms with Crippen molar-refractivity contribution < 1.29 is 0 Å². The van der Waals surface area contributed by atoms with Gasteiger partial charge in [0.15, 0.2) is 0 Å². The van der Waals surface area contributed by atoms with Crippen LogP contribution in [0, 0.1) is 0 Å². The molecule has 2 radical (unpaired) electrons. The monoisotopic (exact) mass is 457 g/mol.